The molecule has 2 aliphatic heterocycles. The Morgan fingerprint density at radius 3 is 1.37 bits per heavy atom. The monoisotopic (exact) mass is 1180 g/mol. The van der Waals surface area contributed by atoms with E-state index in [0.717, 1.165) is 18.9 Å². The molecule has 0 unspecified atom stereocenters. The van der Waals surface area contributed by atoms with Crippen LogP contribution in [0.5, 0.6) is 11.5 Å². The first kappa shape index (κ1) is 67.3. The van der Waals surface area contributed by atoms with Crippen LogP contribution in [0.1, 0.15) is 146 Å². The third kappa shape index (κ3) is 20.1. The molecule has 0 spiro atoms. The van der Waals surface area contributed by atoms with E-state index in [1.54, 1.807) is 84.9 Å². The summed E-state index contributed by atoms with van der Waals surface area (Å²) >= 11 is 0. The van der Waals surface area contributed by atoms with Crippen molar-refractivity contribution in [3.05, 3.63) is 189 Å². The smallest absolute Gasteiger partial charge is 0.343 e. The van der Waals surface area contributed by atoms with Crippen LogP contribution in [0.3, 0.4) is 0 Å². The average molecular weight is 1180 g/mol. The Hall–Kier alpha value is -7.48. The number of esters is 4. The molecule has 84 heavy (non-hydrogen) atoms. The quantitative estimate of drug-likeness (QED) is 0.0181. The van der Waals surface area contributed by atoms with Crippen LogP contribution in [-0.4, -0.2) is 81.9 Å². The van der Waals surface area contributed by atoms with Gasteiger partial charge in [-0.1, -0.05) is 153 Å². The molecule has 2 aliphatic rings. The zero-order chi connectivity index (χ0) is 61.8. The second kappa shape index (κ2) is 30.9. The lowest BCUT2D eigenvalue weighted by Crippen LogP contribution is -2.46. The number of ether oxygens (including phenoxy) is 4. The number of carbonyl (C=O) groups is 6. The van der Waals surface area contributed by atoms with Crippen LogP contribution < -0.4 is 9.47 Å². The Morgan fingerprint density at radius 2 is 1.00 bits per heavy atom. The minimum Gasteiger partial charge on any atom is -0.478 e. The van der Waals surface area contributed by atoms with Crippen LogP contribution in [0, 0.1) is 11.8 Å². The van der Waals surface area contributed by atoms with Gasteiger partial charge in [-0.05, 0) is 138 Å². The highest BCUT2D eigenvalue weighted by atomic mass is 28.4. The van der Waals surface area contributed by atoms with E-state index in [9.17, 15) is 28.8 Å². The van der Waals surface area contributed by atoms with Crippen molar-refractivity contribution < 1.29 is 61.7 Å². The molecule has 6 atom stereocenters. The number of carboxylic acid groups (broad SMARTS) is 1. The number of carboxylic acids is 1. The average Bonchev–Trinajstić information content (AvgIpc) is 2.79. The summed E-state index contributed by atoms with van der Waals surface area (Å²) < 4.78 is 37.3. The number of hydrogen-bond donors (Lipinski definition) is 1. The molecule has 0 aliphatic carbocycles. The van der Waals surface area contributed by atoms with Crippen molar-refractivity contribution in [2.24, 2.45) is 17.0 Å². The molecule has 4 aromatic carbocycles. The first-order valence-corrected chi connectivity index (χ1v) is 34.4. The molecule has 2 heterocycles. The lowest BCUT2D eigenvalue weighted by atomic mass is 9.93. The van der Waals surface area contributed by atoms with Gasteiger partial charge in [0.1, 0.15) is 34.8 Å². The number of nitrogens with zero attached hydrogens (tertiary/aromatic N) is 3. The van der Waals surface area contributed by atoms with Crippen LogP contribution in [-0.2, 0) is 40.8 Å². The molecule has 1 amide bonds. The lowest BCUT2D eigenvalue weighted by molar-refractivity contribution is -0.131. The van der Waals surface area contributed by atoms with Crippen molar-refractivity contribution in [3.8, 4) is 11.5 Å². The highest BCUT2D eigenvalue weighted by Crippen LogP contribution is 2.41. The largest absolute Gasteiger partial charge is 0.478 e. The number of carbonyl (C=O) groups excluding carboxylic acids is 5. The molecular weight excluding hydrogens is 1100 g/mol. The number of aliphatic carboxylic acids is 1. The van der Waals surface area contributed by atoms with Crippen molar-refractivity contribution in [2.45, 2.75) is 167 Å². The van der Waals surface area contributed by atoms with E-state index < -0.39 is 64.6 Å². The minimum atomic E-state index is -2.20. The minimum absolute atomic E-state index is 0.0158. The topological polar surface area (TPSA) is 227 Å². The van der Waals surface area contributed by atoms with Gasteiger partial charge in [0, 0.05) is 36.7 Å². The number of fused-ring (bicyclic) bond motifs is 2. The van der Waals surface area contributed by atoms with Gasteiger partial charge >= 0.3 is 29.8 Å². The van der Waals surface area contributed by atoms with Crippen LogP contribution in [0.25, 0.3) is 10.4 Å². The third-order valence-electron chi connectivity index (χ3n) is 15.9. The molecule has 0 aromatic heterocycles. The van der Waals surface area contributed by atoms with Gasteiger partial charge in [0.2, 0.25) is 5.91 Å². The van der Waals surface area contributed by atoms with Gasteiger partial charge in [-0.2, -0.15) is 0 Å². The fourth-order valence-electron chi connectivity index (χ4n) is 8.88. The fourth-order valence-corrected chi connectivity index (χ4v) is 11.8. The molecule has 448 valence electrons. The summed E-state index contributed by atoms with van der Waals surface area (Å²) in [5.74, 6) is -3.75. The summed E-state index contributed by atoms with van der Waals surface area (Å²) in [5.41, 5.74) is 11.0. The number of cyclic esters (lactones) is 2. The van der Waals surface area contributed by atoms with Crippen LogP contribution in [0.4, 0.5) is 0 Å². The third-order valence-corrected chi connectivity index (χ3v) is 24.9. The van der Waals surface area contributed by atoms with Gasteiger partial charge in [-0.15, -0.1) is 0 Å². The number of hydrogen-bond acceptors (Lipinski definition) is 12. The fraction of sp³-hybridized carbons (Fsp3) is 0.424. The second-order valence-corrected chi connectivity index (χ2v) is 33.9. The highest BCUT2D eigenvalue weighted by molar-refractivity contribution is 6.74. The molecule has 16 nitrogen and oxygen atoms in total. The number of benzene rings is 4. The molecule has 0 fully saturated rings. The standard InChI is InChI=1S/C33H41N3O6Si.C33H42O7Si/c1-23-14-10-11-15-24-18-12-20-27(41-31(38)25-16-8-7-9-17-25)30(24)32(39)40-26(19-13-21-29(37)35-36-34)22-28(23)42-43(5,6)33(2,3)4;1-23-14-10-11-15-24-18-12-20-27(39-31(36)25-16-8-7-9-17-25)30(24)32(37)38-26(19-13-21-29(34)35)22-28(23)40-41(5,6)33(2,3)4/h7-13,16-18,20-21,23,26,28H,14-15,19,22H2,1-6H3;7-13,16-18,20-21,23,26,28H,14-15,19,22H2,1-6H3,(H,34,35)/b2*11-10+,21-13+/t2*23-,26-,28+/m00/s1. The van der Waals surface area contributed by atoms with Gasteiger partial charge in [0.05, 0.1) is 23.3 Å². The van der Waals surface area contributed by atoms with Crippen LogP contribution in [0.2, 0.25) is 36.3 Å². The SMILES string of the molecule is C[C@H]1C/C=C/Cc2cccc(OC(=O)c3ccccc3)c2C(=O)O[C@@H](C/C=C/C(=O)N=[N+]=[N-])C[C@H]1O[Si](C)(C)C(C)(C)C.C[C@H]1C/C=C/Cc2cccc(OC(=O)c3ccccc3)c2C(=O)O[C@@H](C/C=C/C(=O)O)C[C@H]1O[Si](C)(C)C(C)(C)C. The number of rotatable bonds is 14. The van der Waals surface area contributed by atoms with Crippen LogP contribution in [0.15, 0.2) is 151 Å². The van der Waals surface area contributed by atoms with Crippen molar-refractivity contribution in [1.29, 1.82) is 0 Å². The van der Waals surface area contributed by atoms with Gasteiger partial charge in [-0.3, -0.25) is 4.79 Å². The molecule has 0 radical (unpaired) electrons. The van der Waals surface area contributed by atoms with E-state index in [1.165, 1.54) is 18.2 Å². The molecule has 0 saturated heterocycles. The van der Waals surface area contributed by atoms with E-state index in [0.29, 0.717) is 47.9 Å². The second-order valence-electron chi connectivity index (χ2n) is 24.4. The molecule has 4 aromatic rings. The number of azide groups is 1. The predicted molar refractivity (Wildman–Crippen MR) is 330 cm³/mol. The van der Waals surface area contributed by atoms with E-state index in [4.69, 9.17) is 38.4 Å². The summed E-state index contributed by atoms with van der Waals surface area (Å²) in [6, 6.07) is 27.4. The van der Waals surface area contributed by atoms with E-state index in [1.807, 2.05) is 24.3 Å². The van der Waals surface area contributed by atoms with E-state index in [-0.39, 0.29) is 69.6 Å². The summed E-state index contributed by atoms with van der Waals surface area (Å²) in [6.07, 6.45) is 15.3. The Bertz CT molecular complexity index is 3100. The zero-order valence-electron chi connectivity index (χ0n) is 50.7. The molecule has 6 rings (SSSR count). The van der Waals surface area contributed by atoms with E-state index in [2.05, 4.69) is 104 Å². The Morgan fingerprint density at radius 1 is 0.607 bits per heavy atom. The molecule has 1 N–H and O–H groups in total. The molecule has 0 saturated carbocycles. The number of amides is 1. The summed E-state index contributed by atoms with van der Waals surface area (Å²) in [6.45, 7) is 26.1. The maximum absolute atomic E-state index is 13.9. The van der Waals surface area contributed by atoms with Crippen molar-refractivity contribution in [2.75, 3.05) is 0 Å². The van der Waals surface area contributed by atoms with Crippen molar-refractivity contribution in [1.82, 2.24) is 0 Å². The van der Waals surface area contributed by atoms with Gasteiger partial charge in [0.25, 0.3) is 0 Å². The highest BCUT2D eigenvalue weighted by Gasteiger charge is 2.43. The Kier molecular flexibility index (Phi) is 24.8. The Balaban J connectivity index is 0.000000308. The zero-order valence-corrected chi connectivity index (χ0v) is 52.7. The van der Waals surface area contributed by atoms with Crippen molar-refractivity contribution in [3.63, 3.8) is 0 Å². The lowest BCUT2D eigenvalue weighted by Gasteiger charge is -2.41. The van der Waals surface area contributed by atoms with Crippen LogP contribution >= 0.6 is 0 Å². The molecule has 18 heteroatoms. The molecular formula is C66H83N3O13Si2. The van der Waals surface area contributed by atoms with E-state index >= 15 is 0 Å². The van der Waals surface area contributed by atoms with Gasteiger partial charge in [0.15, 0.2) is 16.6 Å². The maximum atomic E-state index is 13.9. The first-order valence-electron chi connectivity index (χ1n) is 28.6. The summed E-state index contributed by atoms with van der Waals surface area (Å²) in [5, 5.41) is 12.2. The number of allylic oxidation sites excluding steroid dienone is 4. The Labute approximate surface area is 497 Å². The van der Waals surface area contributed by atoms with Crippen molar-refractivity contribution >= 4 is 52.4 Å². The maximum Gasteiger partial charge on any atom is 0.343 e. The summed E-state index contributed by atoms with van der Waals surface area (Å²) in [7, 11) is -4.37. The van der Waals surface area contributed by atoms with Gasteiger partial charge < -0.3 is 32.9 Å². The van der Waals surface area contributed by atoms with Gasteiger partial charge in [-0.25, -0.2) is 24.0 Å². The summed E-state index contributed by atoms with van der Waals surface area (Å²) in [4.78, 5) is 79.0. The normalized spacial score (nSPS) is 20.9. The predicted octanol–water partition coefficient (Wildman–Crippen LogP) is 15.5. The first-order chi connectivity index (χ1) is 39.6. The molecule has 0 bridgehead atoms.